The molecule has 2 aromatic carbocycles. The van der Waals surface area contributed by atoms with Crippen LogP contribution in [0.25, 0.3) is 11.4 Å². The van der Waals surface area contributed by atoms with E-state index in [0.717, 1.165) is 5.56 Å². The first-order chi connectivity index (χ1) is 15.1. The van der Waals surface area contributed by atoms with Gasteiger partial charge in [0.2, 0.25) is 5.95 Å². The Hall–Kier alpha value is -4.09. The van der Waals surface area contributed by atoms with Crippen molar-refractivity contribution in [2.45, 2.75) is 13.1 Å². The first-order valence-corrected chi connectivity index (χ1v) is 9.25. The number of aromatic amines is 1. The van der Waals surface area contributed by atoms with Gasteiger partial charge in [-0.2, -0.15) is 13.2 Å². The van der Waals surface area contributed by atoms with Gasteiger partial charge >= 0.3 is 6.18 Å². The van der Waals surface area contributed by atoms with Gasteiger partial charge in [0.1, 0.15) is 12.3 Å². The van der Waals surface area contributed by atoms with Crippen molar-refractivity contribution in [3.8, 4) is 17.1 Å². The van der Waals surface area contributed by atoms with Gasteiger partial charge < -0.3 is 31.5 Å². The zero-order valence-electron chi connectivity index (χ0n) is 17.1. The molecule has 1 aromatic heterocycles. The third-order valence-electron chi connectivity index (χ3n) is 4.60. The van der Waals surface area contributed by atoms with E-state index in [2.05, 4.69) is 20.5 Å². The van der Waals surface area contributed by atoms with E-state index in [1.54, 1.807) is 12.1 Å². The monoisotopic (exact) mass is 447 g/mol. The summed E-state index contributed by atoms with van der Waals surface area (Å²) >= 11 is 0. The Balaban J connectivity index is 1.82. The van der Waals surface area contributed by atoms with Gasteiger partial charge in [-0.1, -0.05) is 6.07 Å². The molecule has 0 unspecified atom stereocenters. The van der Waals surface area contributed by atoms with Crippen LogP contribution in [0.5, 0.6) is 5.75 Å². The van der Waals surface area contributed by atoms with E-state index in [4.69, 9.17) is 15.9 Å². The molecule has 0 aliphatic carbocycles. The average Bonchev–Trinajstić information content (AvgIpc) is 3.22. The number of carbonyl (C=O) groups is 1. The van der Waals surface area contributed by atoms with Crippen LogP contribution in [0.15, 0.2) is 30.3 Å². The quantitative estimate of drug-likeness (QED) is 0.278. The number of H-pyrrole nitrogens is 1. The third kappa shape index (κ3) is 4.96. The molecule has 12 heteroatoms. The van der Waals surface area contributed by atoms with Crippen molar-refractivity contribution in [3.05, 3.63) is 47.0 Å². The lowest BCUT2D eigenvalue weighted by Gasteiger charge is -2.12. The highest BCUT2D eigenvalue weighted by atomic mass is 19.4. The second-order valence-corrected chi connectivity index (χ2v) is 6.75. The van der Waals surface area contributed by atoms with Gasteiger partial charge in [-0.25, -0.2) is 0 Å². The second kappa shape index (κ2) is 8.96. The molecular formula is C20H20F3N7O2. The van der Waals surface area contributed by atoms with Crippen molar-refractivity contribution >= 4 is 29.4 Å². The summed E-state index contributed by atoms with van der Waals surface area (Å²) in [5.74, 6) is -0.173. The number of nitrogens with one attached hydrogen (secondary N) is 4. The predicted octanol–water partition coefficient (Wildman–Crippen LogP) is 3.40. The van der Waals surface area contributed by atoms with Crippen LogP contribution in [0.4, 0.5) is 30.5 Å². The molecule has 0 radical (unpaired) electrons. The molecule has 9 nitrogen and oxygen atoms in total. The standard InChI is InChI=1S/C20H20F3N7O2/c1-10-13(8-24)14(25)5-6-15(10)27-19-28-17(29-30-19)11-3-4-12(16(7-11)32-2)18(31)26-9-20(21,22)23/h3-8,24H,9,25H2,1-2H3,(H,26,31)(H2,27,28,29,30). The number of aromatic nitrogens is 3. The van der Waals surface area contributed by atoms with E-state index in [-0.39, 0.29) is 11.3 Å². The lowest BCUT2D eigenvalue weighted by Crippen LogP contribution is -2.33. The SMILES string of the molecule is COc1cc(-c2nnc(Nc3ccc(N)c(C=N)c3C)[nH]2)ccc1C(=O)NCC(F)(F)F. The van der Waals surface area contributed by atoms with Gasteiger partial charge in [0, 0.05) is 28.7 Å². The van der Waals surface area contributed by atoms with E-state index >= 15 is 0 Å². The first-order valence-electron chi connectivity index (χ1n) is 9.25. The predicted molar refractivity (Wildman–Crippen MR) is 114 cm³/mol. The molecule has 0 aliphatic rings. The molecule has 1 heterocycles. The van der Waals surface area contributed by atoms with Crippen molar-refractivity contribution < 1.29 is 22.7 Å². The Morgan fingerprint density at radius 3 is 2.69 bits per heavy atom. The first kappa shape index (κ1) is 22.6. The number of methoxy groups -OCH3 is 1. The molecule has 6 N–H and O–H groups in total. The second-order valence-electron chi connectivity index (χ2n) is 6.75. The Kier molecular flexibility index (Phi) is 6.32. The largest absolute Gasteiger partial charge is 0.496 e. The number of hydrogen-bond acceptors (Lipinski definition) is 7. The van der Waals surface area contributed by atoms with E-state index in [1.165, 1.54) is 31.5 Å². The smallest absolute Gasteiger partial charge is 0.405 e. The molecular weight excluding hydrogens is 427 g/mol. The van der Waals surface area contributed by atoms with Crippen LogP contribution >= 0.6 is 0 Å². The summed E-state index contributed by atoms with van der Waals surface area (Å²) in [6.45, 7) is 0.363. The molecule has 0 bridgehead atoms. The van der Waals surface area contributed by atoms with E-state index < -0.39 is 18.6 Å². The van der Waals surface area contributed by atoms with Crippen molar-refractivity contribution in [1.82, 2.24) is 20.5 Å². The van der Waals surface area contributed by atoms with Crippen molar-refractivity contribution in [1.29, 1.82) is 5.41 Å². The van der Waals surface area contributed by atoms with E-state index in [1.807, 2.05) is 12.2 Å². The molecule has 0 spiro atoms. The van der Waals surface area contributed by atoms with Crippen molar-refractivity contribution in [3.63, 3.8) is 0 Å². The minimum absolute atomic E-state index is 0.0463. The summed E-state index contributed by atoms with van der Waals surface area (Å²) in [7, 11) is 1.30. The fourth-order valence-corrected chi connectivity index (χ4v) is 2.95. The Morgan fingerprint density at radius 1 is 1.28 bits per heavy atom. The molecule has 1 amide bonds. The zero-order valence-corrected chi connectivity index (χ0v) is 17.1. The number of benzene rings is 2. The lowest BCUT2D eigenvalue weighted by molar-refractivity contribution is -0.123. The van der Waals surface area contributed by atoms with Crippen LogP contribution in [0.1, 0.15) is 21.5 Å². The number of nitrogens with two attached hydrogens (primary N) is 1. The zero-order chi connectivity index (χ0) is 23.5. The normalized spacial score (nSPS) is 11.2. The van der Waals surface area contributed by atoms with Gasteiger partial charge in [-0.3, -0.25) is 4.79 Å². The van der Waals surface area contributed by atoms with Crippen LogP contribution in [0, 0.1) is 12.3 Å². The maximum Gasteiger partial charge on any atom is 0.405 e. The molecule has 32 heavy (non-hydrogen) atoms. The maximum absolute atomic E-state index is 12.4. The Bertz CT molecular complexity index is 1160. The third-order valence-corrected chi connectivity index (χ3v) is 4.60. The highest BCUT2D eigenvalue weighted by molar-refractivity contribution is 5.97. The number of anilines is 3. The van der Waals surface area contributed by atoms with Gasteiger partial charge in [0.25, 0.3) is 5.91 Å². The molecule has 0 atom stereocenters. The molecule has 168 valence electrons. The topological polar surface area (TPSA) is 142 Å². The summed E-state index contributed by atoms with van der Waals surface area (Å²) in [5.41, 5.74) is 8.82. The van der Waals surface area contributed by atoms with Crippen LogP contribution in [0.3, 0.4) is 0 Å². The number of rotatable bonds is 7. The van der Waals surface area contributed by atoms with Crippen LogP contribution in [-0.4, -0.2) is 47.1 Å². The molecule has 3 aromatic rings. The molecule has 3 rings (SSSR count). The Morgan fingerprint density at radius 2 is 2.03 bits per heavy atom. The fourth-order valence-electron chi connectivity index (χ4n) is 2.95. The van der Waals surface area contributed by atoms with Crippen LogP contribution in [-0.2, 0) is 0 Å². The van der Waals surface area contributed by atoms with Gasteiger partial charge in [0.15, 0.2) is 5.82 Å². The number of nitrogens with zero attached hydrogens (tertiary/aromatic N) is 2. The van der Waals surface area contributed by atoms with Crippen molar-refractivity contribution in [2.75, 3.05) is 24.7 Å². The number of alkyl halides is 3. The van der Waals surface area contributed by atoms with Gasteiger partial charge in [-0.05, 0) is 36.8 Å². The number of amides is 1. The highest BCUT2D eigenvalue weighted by Gasteiger charge is 2.28. The summed E-state index contributed by atoms with van der Waals surface area (Å²) in [4.78, 5) is 15.0. The number of carbonyl (C=O) groups excluding carboxylic acids is 1. The Labute approximate surface area is 180 Å². The summed E-state index contributed by atoms with van der Waals surface area (Å²) in [5, 5.41) is 20.4. The number of nitrogen functional groups attached to an aromatic ring is 1. The molecule has 0 saturated carbocycles. The lowest BCUT2D eigenvalue weighted by atomic mass is 10.1. The summed E-state index contributed by atoms with van der Waals surface area (Å²) < 4.78 is 42.2. The minimum Gasteiger partial charge on any atom is -0.496 e. The molecule has 0 saturated heterocycles. The summed E-state index contributed by atoms with van der Waals surface area (Å²) in [6, 6.07) is 7.74. The number of halogens is 3. The van der Waals surface area contributed by atoms with Gasteiger partial charge in [0.05, 0.1) is 12.7 Å². The minimum atomic E-state index is -4.52. The van der Waals surface area contributed by atoms with E-state index in [9.17, 15) is 18.0 Å². The molecule has 0 aliphatic heterocycles. The average molecular weight is 447 g/mol. The highest BCUT2D eigenvalue weighted by Crippen LogP contribution is 2.28. The van der Waals surface area contributed by atoms with Gasteiger partial charge in [-0.15, -0.1) is 10.2 Å². The fraction of sp³-hybridized carbons (Fsp3) is 0.200. The number of hydrogen-bond donors (Lipinski definition) is 5. The maximum atomic E-state index is 12.4. The molecule has 0 fully saturated rings. The van der Waals surface area contributed by atoms with E-state index in [0.29, 0.717) is 34.3 Å². The van der Waals surface area contributed by atoms with Crippen LogP contribution in [0.2, 0.25) is 0 Å². The number of ether oxygens (including phenoxy) is 1. The van der Waals surface area contributed by atoms with Crippen LogP contribution < -0.4 is 21.1 Å². The van der Waals surface area contributed by atoms with Crippen molar-refractivity contribution in [2.24, 2.45) is 0 Å². The summed E-state index contributed by atoms with van der Waals surface area (Å²) in [6.07, 6.45) is -3.35.